The van der Waals surface area contributed by atoms with Crippen molar-refractivity contribution in [3.05, 3.63) is 161 Å². The summed E-state index contributed by atoms with van der Waals surface area (Å²) in [5.74, 6) is 1.62. The highest BCUT2D eigenvalue weighted by Crippen LogP contribution is 2.50. The summed E-state index contributed by atoms with van der Waals surface area (Å²) in [6.45, 7) is 9.32. The normalized spacial score (nSPS) is 19.3. The van der Waals surface area contributed by atoms with E-state index >= 15 is 0 Å². The minimum atomic E-state index is -0.171. The first-order valence-electron chi connectivity index (χ1n) is 17.5. The minimum absolute atomic E-state index is 0.171. The number of fused-ring (bicyclic) bond motifs is 6. The third kappa shape index (κ3) is 4.91. The van der Waals surface area contributed by atoms with Gasteiger partial charge in [0.15, 0.2) is 5.71 Å². The molecule has 8 rings (SSSR count). The first-order chi connectivity index (χ1) is 24.1. The molecule has 0 amide bonds. The number of likely N-dealkylation sites (N-methyl/N-ethyl adjacent to an activating group) is 1. The zero-order valence-corrected chi connectivity index (χ0v) is 29.7. The maximum Gasteiger partial charge on any atom is 0.210 e. The second-order valence-corrected chi connectivity index (χ2v) is 14.8. The first kappa shape index (κ1) is 31.6. The second-order valence-electron chi connectivity index (χ2n) is 14.8. The van der Waals surface area contributed by atoms with E-state index in [1.54, 1.807) is 0 Å². The summed E-state index contributed by atoms with van der Waals surface area (Å²) in [4.78, 5) is 2.34. The van der Waals surface area contributed by atoms with Crippen molar-refractivity contribution in [2.45, 2.75) is 51.4 Å². The summed E-state index contributed by atoms with van der Waals surface area (Å²) in [5.41, 5.74) is 10.4. The standard InChI is InChI=1S/C46H42N3O/c1-45(2)40(48(5)38-25-19-31-11-7-9-13-36(31)42(38)45)27-21-33-17-18-34(44(33)50-35-23-15-30(29-47)16-24-35)22-28-41-46(3,4)43-37-14-10-8-12-32(37)20-26-39(43)49(41)6/h7-16,19-28H,17-18H2,1-6H3/q+1. The van der Waals surface area contributed by atoms with Crippen LogP contribution in [0, 0.1) is 11.3 Å². The Bertz CT molecular complexity index is 2430. The van der Waals surface area contributed by atoms with E-state index in [9.17, 15) is 5.26 Å². The van der Waals surface area contributed by atoms with E-state index in [-0.39, 0.29) is 10.8 Å². The van der Waals surface area contributed by atoms with E-state index in [1.165, 1.54) is 66.6 Å². The lowest BCUT2D eigenvalue weighted by Gasteiger charge is -2.24. The highest BCUT2D eigenvalue weighted by atomic mass is 16.5. The van der Waals surface area contributed by atoms with Gasteiger partial charge in [0.2, 0.25) is 5.69 Å². The number of hydrogen-bond donors (Lipinski definition) is 0. The molecule has 246 valence electrons. The molecule has 50 heavy (non-hydrogen) atoms. The minimum Gasteiger partial charge on any atom is -0.457 e. The molecule has 4 nitrogen and oxygen atoms in total. The molecular weight excluding hydrogens is 611 g/mol. The molecule has 4 heteroatoms. The van der Waals surface area contributed by atoms with Gasteiger partial charge in [-0.2, -0.15) is 9.84 Å². The summed E-state index contributed by atoms with van der Waals surface area (Å²) in [6.07, 6.45) is 10.9. The number of benzene rings is 5. The summed E-state index contributed by atoms with van der Waals surface area (Å²) < 4.78 is 9.05. The SMILES string of the molecule is CN1/C(=C/C=C2\CCC(/C=C/C3=[N+](C)c4ccc5ccccc5c4C3(C)C)=C2Oc2ccc(C#N)cc2)C(C)(C)c2c1ccc1ccccc21. The van der Waals surface area contributed by atoms with Crippen molar-refractivity contribution in [2.24, 2.45) is 0 Å². The van der Waals surface area contributed by atoms with Crippen molar-refractivity contribution in [3.63, 3.8) is 0 Å². The van der Waals surface area contributed by atoms with Gasteiger partial charge in [0.1, 0.15) is 18.6 Å². The molecule has 2 aliphatic heterocycles. The molecule has 1 aliphatic carbocycles. The third-order valence-corrected chi connectivity index (χ3v) is 11.1. The molecule has 0 unspecified atom stereocenters. The van der Waals surface area contributed by atoms with Crippen molar-refractivity contribution in [3.8, 4) is 11.8 Å². The van der Waals surface area contributed by atoms with Crippen molar-refractivity contribution in [1.82, 2.24) is 0 Å². The van der Waals surface area contributed by atoms with Gasteiger partial charge in [-0.15, -0.1) is 0 Å². The van der Waals surface area contributed by atoms with Crippen LogP contribution in [-0.2, 0) is 10.8 Å². The maximum atomic E-state index is 9.38. The summed E-state index contributed by atoms with van der Waals surface area (Å²) in [7, 11) is 4.36. The van der Waals surface area contributed by atoms with E-state index < -0.39 is 0 Å². The monoisotopic (exact) mass is 652 g/mol. The molecule has 0 N–H and O–H groups in total. The molecule has 0 saturated heterocycles. The second kappa shape index (κ2) is 11.7. The predicted molar refractivity (Wildman–Crippen MR) is 207 cm³/mol. The average molecular weight is 653 g/mol. The number of nitriles is 1. The van der Waals surface area contributed by atoms with Crippen molar-refractivity contribution in [2.75, 3.05) is 19.0 Å². The van der Waals surface area contributed by atoms with Crippen LogP contribution in [0.15, 0.2) is 144 Å². The van der Waals surface area contributed by atoms with Gasteiger partial charge in [-0.1, -0.05) is 74.5 Å². The Labute approximate surface area is 295 Å². The number of anilines is 1. The lowest BCUT2D eigenvalue weighted by molar-refractivity contribution is -0.401. The summed E-state index contributed by atoms with van der Waals surface area (Å²) in [5, 5.41) is 14.5. The quantitative estimate of drug-likeness (QED) is 0.177. The molecule has 5 aromatic rings. The zero-order chi connectivity index (χ0) is 34.8. The van der Waals surface area contributed by atoms with Gasteiger partial charge in [-0.05, 0) is 113 Å². The van der Waals surface area contributed by atoms with Crippen LogP contribution in [0.5, 0.6) is 5.75 Å². The Morgan fingerprint density at radius 1 is 0.740 bits per heavy atom. The molecule has 0 radical (unpaired) electrons. The first-order valence-corrected chi connectivity index (χ1v) is 17.5. The van der Waals surface area contributed by atoms with Crippen LogP contribution in [0.25, 0.3) is 21.5 Å². The largest absolute Gasteiger partial charge is 0.457 e. The molecular formula is C46H42N3O+. The van der Waals surface area contributed by atoms with Crippen molar-refractivity contribution in [1.29, 1.82) is 5.26 Å². The van der Waals surface area contributed by atoms with Gasteiger partial charge >= 0.3 is 0 Å². The third-order valence-electron chi connectivity index (χ3n) is 11.1. The van der Waals surface area contributed by atoms with Gasteiger partial charge in [-0.3, -0.25) is 0 Å². The van der Waals surface area contributed by atoms with Crippen molar-refractivity contribution < 1.29 is 9.31 Å². The average Bonchev–Trinajstić information content (AvgIpc) is 3.66. The maximum absolute atomic E-state index is 9.38. The van der Waals surface area contributed by atoms with Gasteiger partial charge in [0, 0.05) is 41.6 Å². The van der Waals surface area contributed by atoms with Gasteiger partial charge in [0.05, 0.1) is 17.0 Å². The van der Waals surface area contributed by atoms with Crippen molar-refractivity contribution >= 4 is 38.6 Å². The van der Waals surface area contributed by atoms with Crippen LogP contribution in [0.1, 0.15) is 57.2 Å². The fourth-order valence-electron chi connectivity index (χ4n) is 8.61. The molecule has 5 aromatic carbocycles. The number of rotatable bonds is 5. The Balaban J connectivity index is 1.19. The van der Waals surface area contributed by atoms with Crippen LogP contribution in [0.2, 0.25) is 0 Å². The lowest BCUT2D eigenvalue weighted by atomic mass is 9.79. The highest BCUT2D eigenvalue weighted by Gasteiger charge is 2.44. The van der Waals surface area contributed by atoms with Crippen LogP contribution in [0.4, 0.5) is 11.4 Å². The van der Waals surface area contributed by atoms with E-state index in [4.69, 9.17) is 4.74 Å². The smallest absolute Gasteiger partial charge is 0.210 e. The molecule has 0 fully saturated rings. The van der Waals surface area contributed by atoms with E-state index in [2.05, 4.69) is 154 Å². The molecule has 0 spiro atoms. The Kier molecular flexibility index (Phi) is 7.42. The number of allylic oxidation sites excluding steroid dienone is 7. The highest BCUT2D eigenvalue weighted by molar-refractivity contribution is 6.07. The number of ether oxygens (including phenoxy) is 1. The fraction of sp³-hybridized carbons (Fsp3) is 0.217. The Hall–Kier alpha value is -5.66. The van der Waals surface area contributed by atoms with Crippen LogP contribution < -0.4 is 9.64 Å². The van der Waals surface area contributed by atoms with E-state index in [0.717, 1.165) is 24.4 Å². The molecule has 0 bridgehead atoms. The van der Waals surface area contributed by atoms with E-state index in [1.807, 2.05) is 24.3 Å². The van der Waals surface area contributed by atoms with Crippen LogP contribution in [-0.4, -0.2) is 24.4 Å². The van der Waals surface area contributed by atoms with Gasteiger partial charge in [0.25, 0.3) is 0 Å². The van der Waals surface area contributed by atoms with Gasteiger partial charge in [-0.25, -0.2) is 0 Å². The Morgan fingerprint density at radius 3 is 2.10 bits per heavy atom. The predicted octanol–water partition coefficient (Wildman–Crippen LogP) is 10.8. The fourth-order valence-corrected chi connectivity index (χ4v) is 8.61. The van der Waals surface area contributed by atoms with Crippen LogP contribution in [0.3, 0.4) is 0 Å². The molecule has 0 atom stereocenters. The zero-order valence-electron chi connectivity index (χ0n) is 29.7. The topological polar surface area (TPSA) is 39.3 Å². The number of nitrogens with zero attached hydrogens (tertiary/aromatic N) is 3. The Morgan fingerprint density at radius 2 is 1.40 bits per heavy atom. The van der Waals surface area contributed by atoms with Crippen LogP contribution >= 0.6 is 0 Å². The summed E-state index contributed by atoms with van der Waals surface area (Å²) >= 11 is 0. The van der Waals surface area contributed by atoms with E-state index in [0.29, 0.717) is 5.56 Å². The molecule has 0 saturated carbocycles. The van der Waals surface area contributed by atoms with Gasteiger partial charge < -0.3 is 9.64 Å². The molecule has 2 heterocycles. The summed E-state index contributed by atoms with van der Waals surface area (Å²) in [6, 6.07) is 36.0. The molecule has 0 aromatic heterocycles. The molecule has 3 aliphatic rings. The lowest BCUT2D eigenvalue weighted by Crippen LogP contribution is -2.26. The number of hydrogen-bond acceptors (Lipinski definition) is 3.